The molecule has 0 bridgehead atoms. The maximum Gasteiger partial charge on any atom is 0.240 e. The molecule has 41 heavy (non-hydrogen) atoms. The molecule has 2 aromatic carbocycles. The smallest absolute Gasteiger partial charge is 0.240 e. The first kappa shape index (κ1) is 26.7. The Balaban J connectivity index is 1.13. The fourth-order valence-electron chi connectivity index (χ4n) is 4.90. The molecular weight excluding hydrogens is 522 g/mol. The maximum atomic E-state index is 15.1. The first-order chi connectivity index (χ1) is 19.8. The largest absolute Gasteiger partial charge is 0.453 e. The molecule has 2 aliphatic rings. The van der Waals surface area contributed by atoms with Crippen LogP contribution in [-0.2, 0) is 9.59 Å². The molecule has 0 unspecified atom stereocenters. The summed E-state index contributed by atoms with van der Waals surface area (Å²) in [4.78, 5) is 39.5. The number of carbonyl (C=O) groups is 2. The molecule has 4 aromatic rings. The molecule has 1 saturated carbocycles. The number of anilines is 3. The standard InChI is InChI=1S/C30H30BFN6O3/c1-19-2-4-20(5-3-19)35-28(39)30(9-10-30)29(40)36-21-6-7-26(23(32)16-21)41-25-8-11-33-24-17-27(34-18-22(24)25)37-12-14-38(31)15-13-37/h2-8,11,16-18H,9-10,12-15,31H2,1H3,(H,35,39)(H,36,40). The highest BCUT2D eigenvalue weighted by molar-refractivity contribution is 6.16. The van der Waals surface area contributed by atoms with Crippen LogP contribution >= 0.6 is 0 Å². The minimum atomic E-state index is -1.16. The van der Waals surface area contributed by atoms with Gasteiger partial charge in [-0.1, -0.05) is 17.7 Å². The minimum Gasteiger partial charge on any atom is -0.453 e. The lowest BCUT2D eigenvalue weighted by Gasteiger charge is -2.33. The molecule has 3 heterocycles. The van der Waals surface area contributed by atoms with Gasteiger partial charge in [-0.25, -0.2) is 9.37 Å². The van der Waals surface area contributed by atoms with E-state index in [0.29, 0.717) is 35.2 Å². The van der Waals surface area contributed by atoms with Gasteiger partial charge in [-0.15, -0.1) is 0 Å². The van der Waals surface area contributed by atoms with Crippen molar-refractivity contribution in [2.45, 2.75) is 19.8 Å². The van der Waals surface area contributed by atoms with E-state index in [4.69, 9.17) is 4.74 Å². The summed E-state index contributed by atoms with van der Waals surface area (Å²) in [6, 6.07) is 15.1. The van der Waals surface area contributed by atoms with E-state index in [1.807, 2.05) is 25.1 Å². The lowest BCUT2D eigenvalue weighted by Crippen LogP contribution is -2.45. The molecule has 0 atom stereocenters. The monoisotopic (exact) mass is 552 g/mol. The number of fused-ring (bicyclic) bond motifs is 1. The number of carbonyl (C=O) groups excluding carboxylic acids is 2. The Morgan fingerprint density at radius 2 is 1.59 bits per heavy atom. The Labute approximate surface area is 238 Å². The van der Waals surface area contributed by atoms with E-state index in [9.17, 15) is 9.59 Å². The molecular formula is C30H30BFN6O3. The summed E-state index contributed by atoms with van der Waals surface area (Å²) in [5.41, 5.74) is 1.48. The lowest BCUT2D eigenvalue weighted by atomic mass is 10.0. The van der Waals surface area contributed by atoms with Crippen molar-refractivity contribution in [2.24, 2.45) is 5.41 Å². The predicted molar refractivity (Wildman–Crippen MR) is 158 cm³/mol. The van der Waals surface area contributed by atoms with Crippen LogP contribution in [0.1, 0.15) is 18.4 Å². The van der Waals surface area contributed by atoms with E-state index in [-0.39, 0.29) is 17.3 Å². The van der Waals surface area contributed by atoms with Crippen LogP contribution in [0.15, 0.2) is 67.0 Å². The molecule has 2 fully saturated rings. The van der Waals surface area contributed by atoms with Crippen molar-refractivity contribution in [3.8, 4) is 11.5 Å². The lowest BCUT2D eigenvalue weighted by molar-refractivity contribution is -0.131. The fraction of sp³-hybridized carbons (Fsp3) is 0.267. The average Bonchev–Trinajstić information content (AvgIpc) is 3.79. The van der Waals surface area contributed by atoms with E-state index in [0.717, 1.165) is 37.6 Å². The molecule has 1 saturated heterocycles. The molecule has 2 N–H and O–H groups in total. The Morgan fingerprint density at radius 1 is 0.902 bits per heavy atom. The van der Waals surface area contributed by atoms with Crippen LogP contribution in [0.4, 0.5) is 21.6 Å². The quantitative estimate of drug-likeness (QED) is 0.265. The minimum absolute atomic E-state index is 0.00288. The SMILES string of the molecule is BN1CCN(c2cc3nccc(Oc4ccc(NC(=O)C5(C(=O)Nc6ccc(C)cc6)CC5)cc4F)c3cn2)CC1. The topological polar surface area (TPSA) is 99.7 Å². The summed E-state index contributed by atoms with van der Waals surface area (Å²) in [6.45, 7) is 5.66. The number of piperazine rings is 1. The van der Waals surface area contributed by atoms with Gasteiger partial charge in [0, 0.05) is 62.1 Å². The molecule has 2 aromatic heterocycles. The summed E-state index contributed by atoms with van der Waals surface area (Å²) in [5, 5.41) is 6.18. The summed E-state index contributed by atoms with van der Waals surface area (Å²) >= 11 is 0. The van der Waals surface area contributed by atoms with E-state index in [1.165, 1.54) is 12.1 Å². The second kappa shape index (κ2) is 10.8. The number of aryl methyl sites for hydroxylation is 1. The van der Waals surface area contributed by atoms with Gasteiger partial charge in [-0.2, -0.15) is 0 Å². The molecule has 6 rings (SSSR count). The molecule has 1 aliphatic carbocycles. The van der Waals surface area contributed by atoms with Crippen molar-refractivity contribution in [1.82, 2.24) is 14.8 Å². The third kappa shape index (κ3) is 5.58. The number of ether oxygens (including phenoxy) is 1. The fourth-order valence-corrected chi connectivity index (χ4v) is 4.90. The Bertz CT molecular complexity index is 1620. The Morgan fingerprint density at radius 3 is 2.27 bits per heavy atom. The van der Waals surface area contributed by atoms with Crippen molar-refractivity contribution < 1.29 is 18.7 Å². The zero-order chi connectivity index (χ0) is 28.6. The zero-order valence-corrected chi connectivity index (χ0v) is 23.0. The number of nitrogens with one attached hydrogen (secondary N) is 2. The number of pyridine rings is 2. The first-order valence-electron chi connectivity index (χ1n) is 13.7. The molecule has 0 spiro atoms. The highest BCUT2D eigenvalue weighted by atomic mass is 19.1. The average molecular weight is 552 g/mol. The highest BCUT2D eigenvalue weighted by Gasteiger charge is 2.56. The van der Waals surface area contributed by atoms with Crippen LogP contribution in [0.5, 0.6) is 11.5 Å². The highest BCUT2D eigenvalue weighted by Crippen LogP contribution is 2.47. The van der Waals surface area contributed by atoms with Gasteiger partial charge in [0.2, 0.25) is 11.8 Å². The predicted octanol–water partition coefficient (Wildman–Crippen LogP) is 3.90. The van der Waals surface area contributed by atoms with Crippen molar-refractivity contribution in [1.29, 1.82) is 0 Å². The molecule has 0 radical (unpaired) electrons. The number of benzene rings is 2. The number of halogens is 1. The van der Waals surface area contributed by atoms with Crippen molar-refractivity contribution in [2.75, 3.05) is 41.7 Å². The van der Waals surface area contributed by atoms with E-state index in [1.54, 1.807) is 36.7 Å². The zero-order valence-electron chi connectivity index (χ0n) is 23.0. The number of amides is 2. The van der Waals surface area contributed by atoms with Crippen LogP contribution in [-0.4, -0.2) is 60.8 Å². The van der Waals surface area contributed by atoms with Crippen LogP contribution < -0.4 is 20.3 Å². The van der Waals surface area contributed by atoms with Crippen molar-refractivity contribution in [3.63, 3.8) is 0 Å². The first-order valence-corrected chi connectivity index (χ1v) is 13.7. The van der Waals surface area contributed by atoms with E-state index < -0.39 is 17.1 Å². The van der Waals surface area contributed by atoms with Crippen LogP contribution in [0.25, 0.3) is 10.9 Å². The molecule has 11 heteroatoms. The number of hydrogen-bond acceptors (Lipinski definition) is 7. The van der Waals surface area contributed by atoms with Gasteiger partial charge in [0.1, 0.15) is 17.0 Å². The van der Waals surface area contributed by atoms with E-state index in [2.05, 4.69) is 38.3 Å². The van der Waals surface area contributed by atoms with Crippen molar-refractivity contribution in [3.05, 3.63) is 78.4 Å². The summed E-state index contributed by atoms with van der Waals surface area (Å²) in [7, 11) is 2.10. The molecule has 208 valence electrons. The molecule has 2 amide bonds. The number of rotatable bonds is 7. The number of nitrogens with zero attached hydrogens (tertiary/aromatic N) is 4. The maximum absolute atomic E-state index is 15.1. The van der Waals surface area contributed by atoms with Crippen LogP contribution in [0.3, 0.4) is 0 Å². The van der Waals surface area contributed by atoms with Crippen LogP contribution in [0, 0.1) is 18.2 Å². The number of aromatic nitrogens is 2. The Hall–Kier alpha value is -4.51. The van der Waals surface area contributed by atoms with Gasteiger partial charge in [0.15, 0.2) is 19.5 Å². The third-order valence-corrected chi connectivity index (χ3v) is 7.74. The third-order valence-electron chi connectivity index (χ3n) is 7.74. The van der Waals surface area contributed by atoms with E-state index >= 15 is 4.39 Å². The second-order valence-corrected chi connectivity index (χ2v) is 10.8. The molecule has 9 nitrogen and oxygen atoms in total. The van der Waals surface area contributed by atoms with Gasteiger partial charge in [-0.05, 0) is 50.1 Å². The van der Waals surface area contributed by atoms with Gasteiger partial charge < -0.3 is 25.1 Å². The van der Waals surface area contributed by atoms with Gasteiger partial charge in [-0.3, -0.25) is 14.6 Å². The summed E-state index contributed by atoms with van der Waals surface area (Å²) in [6.07, 6.45) is 4.18. The summed E-state index contributed by atoms with van der Waals surface area (Å²) < 4.78 is 21.0. The van der Waals surface area contributed by atoms with Gasteiger partial charge in [0.25, 0.3) is 0 Å². The van der Waals surface area contributed by atoms with Crippen molar-refractivity contribution >= 4 is 47.9 Å². The normalized spacial score (nSPS) is 16.3. The second-order valence-electron chi connectivity index (χ2n) is 10.8. The number of hydrogen-bond donors (Lipinski definition) is 2. The Kier molecular flexibility index (Phi) is 7.04. The van der Waals surface area contributed by atoms with Gasteiger partial charge >= 0.3 is 0 Å². The summed E-state index contributed by atoms with van der Waals surface area (Å²) in [5.74, 6) is -0.207. The van der Waals surface area contributed by atoms with Gasteiger partial charge in [0.05, 0.1) is 10.9 Å². The molecule has 1 aliphatic heterocycles. The van der Waals surface area contributed by atoms with Crippen LogP contribution in [0.2, 0.25) is 0 Å².